The lowest BCUT2D eigenvalue weighted by Gasteiger charge is -2.26. The first-order chi connectivity index (χ1) is 8.13. The average molecular weight is 257 g/mol. The topological polar surface area (TPSA) is 63.1 Å². The lowest BCUT2D eigenvalue weighted by molar-refractivity contribution is 0.120. The zero-order valence-corrected chi connectivity index (χ0v) is 10.1. The zero-order valence-electron chi connectivity index (χ0n) is 9.31. The minimum absolute atomic E-state index is 0.179. The van der Waals surface area contributed by atoms with Gasteiger partial charge in [0.25, 0.3) is 11.2 Å². The summed E-state index contributed by atoms with van der Waals surface area (Å²) in [5.74, 6) is 0. The smallest absolute Gasteiger partial charge is 0.293 e. The summed E-state index contributed by atoms with van der Waals surface area (Å²) >= 11 is 5.93. The van der Waals surface area contributed by atoms with Gasteiger partial charge >= 0.3 is 0 Å². The Hall–Kier alpha value is -1.30. The lowest BCUT2D eigenvalue weighted by Crippen LogP contribution is -2.31. The highest BCUT2D eigenvalue weighted by Gasteiger charge is 2.33. The van der Waals surface area contributed by atoms with Crippen molar-refractivity contribution < 1.29 is 14.6 Å². The Morgan fingerprint density at radius 3 is 2.94 bits per heavy atom. The normalized spacial score (nSPS) is 22.4. The van der Waals surface area contributed by atoms with Gasteiger partial charge in [-0.05, 0) is 6.07 Å². The quantitative estimate of drug-likeness (QED) is 0.488. The number of halogens is 1. The van der Waals surface area contributed by atoms with Gasteiger partial charge in [0.1, 0.15) is 6.61 Å². The van der Waals surface area contributed by atoms with Crippen molar-refractivity contribution in [3.63, 3.8) is 0 Å². The van der Waals surface area contributed by atoms with Crippen LogP contribution in [0.2, 0.25) is 0 Å². The third-order valence-corrected chi connectivity index (χ3v) is 2.58. The molecule has 2 rings (SSSR count). The fourth-order valence-electron chi connectivity index (χ4n) is 1.50. The van der Waals surface area contributed by atoms with Crippen LogP contribution in [0.25, 0.3) is 0 Å². The fourth-order valence-corrected chi connectivity index (χ4v) is 1.74. The van der Waals surface area contributed by atoms with Gasteiger partial charge in [0, 0.05) is 12.7 Å². The van der Waals surface area contributed by atoms with E-state index in [1.54, 1.807) is 25.3 Å². The number of aliphatic hydroxyl groups is 1. The predicted octanol–water partition coefficient (Wildman–Crippen LogP) is 1.47. The Labute approximate surface area is 104 Å². The van der Waals surface area contributed by atoms with E-state index in [9.17, 15) is 5.11 Å². The van der Waals surface area contributed by atoms with E-state index in [0.29, 0.717) is 24.5 Å². The molecule has 1 unspecified atom stereocenters. The molecule has 0 fully saturated rings. The molecular weight excluding hydrogens is 244 g/mol. The Balaban J connectivity index is 2.16. The molecule has 0 aliphatic carbocycles. The summed E-state index contributed by atoms with van der Waals surface area (Å²) in [7, 11) is 1.58. The van der Waals surface area contributed by atoms with Gasteiger partial charge in [-0.15, -0.1) is 0 Å². The summed E-state index contributed by atoms with van der Waals surface area (Å²) in [5, 5.41) is 11.1. The number of alkyl halides is 1. The second-order valence-corrected chi connectivity index (χ2v) is 4.04. The molecule has 2 N–H and O–H groups in total. The summed E-state index contributed by atoms with van der Waals surface area (Å²) in [5.41, 5.74) is 1.17. The maximum absolute atomic E-state index is 9.98. The molecule has 0 aromatic heterocycles. The van der Waals surface area contributed by atoms with Gasteiger partial charge in [0.2, 0.25) is 0 Å². The van der Waals surface area contributed by atoms with E-state index in [2.05, 4.69) is 10.3 Å². The van der Waals surface area contributed by atoms with Crippen LogP contribution in [-0.2, 0) is 14.7 Å². The maximum Gasteiger partial charge on any atom is 0.293 e. The summed E-state index contributed by atoms with van der Waals surface area (Å²) in [6, 6.07) is 7.28. The molecule has 0 saturated heterocycles. The van der Waals surface area contributed by atoms with Crippen LogP contribution in [0, 0.1) is 0 Å². The van der Waals surface area contributed by atoms with Crippen molar-refractivity contribution in [1.29, 1.82) is 0 Å². The molecule has 0 spiro atoms. The Morgan fingerprint density at radius 2 is 2.18 bits per heavy atom. The number of ether oxygens (including phenoxy) is 2. The molecular formula is C11H13ClN2O3. The van der Waals surface area contributed by atoms with Crippen LogP contribution >= 0.6 is 11.6 Å². The van der Waals surface area contributed by atoms with E-state index >= 15 is 0 Å². The lowest BCUT2D eigenvalue weighted by atomic mass is 10.1. The van der Waals surface area contributed by atoms with E-state index in [-0.39, 0.29) is 6.02 Å². The van der Waals surface area contributed by atoms with Crippen LogP contribution in [0.15, 0.2) is 29.3 Å². The molecule has 1 aliphatic heterocycles. The molecule has 1 heterocycles. The number of anilines is 1. The van der Waals surface area contributed by atoms with Crippen molar-refractivity contribution in [3.05, 3.63) is 29.8 Å². The number of benzene rings is 1. The van der Waals surface area contributed by atoms with Crippen molar-refractivity contribution in [1.82, 2.24) is 0 Å². The molecule has 6 heteroatoms. The molecule has 92 valence electrons. The average Bonchev–Trinajstić information content (AvgIpc) is 2.29. The van der Waals surface area contributed by atoms with Crippen molar-refractivity contribution in [2.24, 2.45) is 4.99 Å². The SMILES string of the molecule is COCCOC1=NC(O)(Cl)c2ccccc2N1. The van der Waals surface area contributed by atoms with E-state index < -0.39 is 5.18 Å². The summed E-state index contributed by atoms with van der Waals surface area (Å²) in [4.78, 5) is 3.88. The standard InChI is InChI=1S/C11H13ClN2O3/c1-16-6-7-17-10-13-9-5-3-2-4-8(9)11(12,15)14-10/h2-5,15H,6-7H2,1H3,(H,13,14). The summed E-state index contributed by atoms with van der Waals surface area (Å²) < 4.78 is 10.1. The van der Waals surface area contributed by atoms with Gasteiger partial charge < -0.3 is 19.9 Å². The van der Waals surface area contributed by atoms with E-state index in [0.717, 1.165) is 0 Å². The highest BCUT2D eigenvalue weighted by atomic mass is 35.5. The molecule has 1 aromatic carbocycles. The highest BCUT2D eigenvalue weighted by Crippen LogP contribution is 2.36. The first kappa shape index (κ1) is 12.2. The molecule has 1 atom stereocenters. The van der Waals surface area contributed by atoms with Crippen LogP contribution in [0.3, 0.4) is 0 Å². The molecule has 17 heavy (non-hydrogen) atoms. The molecule has 0 radical (unpaired) electrons. The third-order valence-electron chi connectivity index (χ3n) is 2.29. The Kier molecular flexibility index (Phi) is 3.51. The van der Waals surface area contributed by atoms with E-state index in [1.807, 2.05) is 6.07 Å². The monoisotopic (exact) mass is 256 g/mol. The number of hydrogen-bond donors (Lipinski definition) is 2. The van der Waals surface area contributed by atoms with Gasteiger partial charge in [0.15, 0.2) is 0 Å². The Morgan fingerprint density at radius 1 is 1.41 bits per heavy atom. The summed E-state index contributed by atoms with van der Waals surface area (Å²) in [6.45, 7) is 0.764. The molecule has 1 aromatic rings. The number of hydrogen-bond acceptors (Lipinski definition) is 5. The predicted molar refractivity (Wildman–Crippen MR) is 65.1 cm³/mol. The Bertz CT molecular complexity index is 434. The molecule has 0 bridgehead atoms. The second kappa shape index (κ2) is 4.91. The number of fused-ring (bicyclic) bond motifs is 1. The van der Waals surface area contributed by atoms with Gasteiger partial charge in [-0.25, -0.2) is 0 Å². The van der Waals surface area contributed by atoms with E-state index in [4.69, 9.17) is 21.1 Å². The van der Waals surface area contributed by atoms with Crippen LogP contribution in [-0.4, -0.2) is 31.5 Å². The molecule has 5 nitrogen and oxygen atoms in total. The molecule has 1 aliphatic rings. The van der Waals surface area contributed by atoms with Crippen LogP contribution < -0.4 is 5.32 Å². The number of methoxy groups -OCH3 is 1. The van der Waals surface area contributed by atoms with E-state index in [1.165, 1.54) is 0 Å². The van der Waals surface area contributed by atoms with Crippen molar-refractivity contribution in [3.8, 4) is 0 Å². The van der Waals surface area contributed by atoms with Gasteiger partial charge in [-0.3, -0.25) is 0 Å². The van der Waals surface area contributed by atoms with Gasteiger partial charge in [0.05, 0.1) is 12.3 Å². The van der Waals surface area contributed by atoms with Crippen molar-refractivity contribution >= 4 is 23.3 Å². The number of para-hydroxylation sites is 1. The van der Waals surface area contributed by atoms with Crippen molar-refractivity contribution in [2.45, 2.75) is 5.18 Å². The maximum atomic E-state index is 9.98. The van der Waals surface area contributed by atoms with Crippen LogP contribution in [0.4, 0.5) is 5.69 Å². The first-order valence-electron chi connectivity index (χ1n) is 5.13. The molecule has 0 amide bonds. The fraction of sp³-hybridized carbons (Fsp3) is 0.364. The minimum atomic E-state index is -1.79. The highest BCUT2D eigenvalue weighted by molar-refractivity contribution is 6.24. The number of amidine groups is 1. The second-order valence-electron chi connectivity index (χ2n) is 3.52. The zero-order chi connectivity index (χ0) is 12.3. The number of nitrogens with one attached hydrogen (secondary N) is 1. The number of nitrogens with zero attached hydrogens (tertiary/aromatic N) is 1. The largest absolute Gasteiger partial charge is 0.463 e. The summed E-state index contributed by atoms with van der Waals surface area (Å²) in [6.07, 6.45) is 0. The number of rotatable bonds is 3. The van der Waals surface area contributed by atoms with Crippen molar-refractivity contribution in [2.75, 3.05) is 25.6 Å². The first-order valence-corrected chi connectivity index (χ1v) is 5.50. The van der Waals surface area contributed by atoms with Crippen LogP contribution in [0.1, 0.15) is 5.56 Å². The van der Waals surface area contributed by atoms with Gasteiger partial charge in [-0.2, -0.15) is 4.99 Å². The molecule has 0 saturated carbocycles. The number of aliphatic imine (C=N–C) groups is 1. The van der Waals surface area contributed by atoms with Crippen LogP contribution in [0.5, 0.6) is 0 Å². The third kappa shape index (κ3) is 2.69. The van der Waals surface area contributed by atoms with Gasteiger partial charge in [-0.1, -0.05) is 29.8 Å². The minimum Gasteiger partial charge on any atom is -0.463 e.